The van der Waals surface area contributed by atoms with Gasteiger partial charge in [0.05, 0.1) is 0 Å². The summed E-state index contributed by atoms with van der Waals surface area (Å²) in [6.07, 6.45) is 6.99. The summed E-state index contributed by atoms with van der Waals surface area (Å²) >= 11 is 0. The summed E-state index contributed by atoms with van der Waals surface area (Å²) in [4.78, 5) is 29.5. The Balaban J connectivity index is 1.50. The van der Waals surface area contributed by atoms with Crippen LogP contribution in [0.1, 0.15) is 10.5 Å². The second kappa shape index (κ2) is 5.68. The number of nitrogens with zero attached hydrogens (tertiary/aromatic N) is 6. The molecule has 0 spiro atoms. The maximum Gasteiger partial charge on any atom is 0.271 e. The van der Waals surface area contributed by atoms with Crippen LogP contribution >= 0.6 is 0 Å². The zero-order chi connectivity index (χ0) is 15.6. The molecule has 0 radical (unpaired) electrons. The molecule has 1 saturated heterocycles. The Morgan fingerprint density at radius 2 is 1.70 bits per heavy atom. The van der Waals surface area contributed by atoms with Crippen molar-refractivity contribution in [2.24, 2.45) is 0 Å². The highest BCUT2D eigenvalue weighted by Gasteiger charge is 2.24. The third-order valence-corrected chi connectivity index (χ3v) is 4.05. The molecular formula is C16H16N6O. The minimum absolute atomic E-state index is 0.0298. The summed E-state index contributed by atoms with van der Waals surface area (Å²) < 4.78 is 1.83. The van der Waals surface area contributed by atoms with E-state index in [0.29, 0.717) is 18.8 Å². The van der Waals surface area contributed by atoms with Crippen LogP contribution in [0.3, 0.4) is 0 Å². The maximum atomic E-state index is 12.8. The number of piperazine rings is 1. The first-order valence-electron chi connectivity index (χ1n) is 7.56. The van der Waals surface area contributed by atoms with Gasteiger partial charge in [-0.2, -0.15) is 0 Å². The molecule has 0 aromatic carbocycles. The molecule has 4 heterocycles. The highest BCUT2D eigenvalue weighted by molar-refractivity contribution is 5.93. The Bertz CT molecular complexity index is 823. The summed E-state index contributed by atoms with van der Waals surface area (Å²) in [7, 11) is 0. The number of fused-ring (bicyclic) bond motifs is 1. The van der Waals surface area contributed by atoms with Crippen molar-refractivity contribution in [1.82, 2.24) is 24.3 Å². The maximum absolute atomic E-state index is 12.8. The lowest BCUT2D eigenvalue weighted by atomic mass is 10.2. The van der Waals surface area contributed by atoms with Crippen LogP contribution in [0.25, 0.3) is 5.65 Å². The average Bonchev–Trinajstić information content (AvgIpc) is 3.11. The van der Waals surface area contributed by atoms with E-state index in [1.807, 2.05) is 33.7 Å². The van der Waals surface area contributed by atoms with E-state index in [-0.39, 0.29) is 5.91 Å². The molecule has 7 heteroatoms. The van der Waals surface area contributed by atoms with Gasteiger partial charge in [-0.15, -0.1) is 0 Å². The van der Waals surface area contributed by atoms with Crippen LogP contribution in [0.2, 0.25) is 0 Å². The van der Waals surface area contributed by atoms with Crippen LogP contribution in [0, 0.1) is 0 Å². The number of anilines is 1. The van der Waals surface area contributed by atoms with Gasteiger partial charge >= 0.3 is 0 Å². The molecule has 7 nitrogen and oxygen atoms in total. The van der Waals surface area contributed by atoms with Crippen LogP contribution in [0.15, 0.2) is 49.1 Å². The predicted octanol–water partition coefficient (Wildman–Crippen LogP) is 1.09. The molecule has 4 rings (SSSR count). The number of hydrogen-bond donors (Lipinski definition) is 0. The zero-order valence-electron chi connectivity index (χ0n) is 12.5. The number of imidazole rings is 1. The lowest BCUT2D eigenvalue weighted by Gasteiger charge is -2.34. The molecule has 0 N–H and O–H groups in total. The standard InChI is InChI=1S/C16H16N6O/c23-15(13-3-1-4-14-17-7-8-22(13)14)20-9-11-21(12-10-20)16-18-5-2-6-19-16/h1-8H,9-12H2. The van der Waals surface area contributed by atoms with Crippen molar-refractivity contribution < 1.29 is 4.79 Å². The lowest BCUT2D eigenvalue weighted by Crippen LogP contribution is -2.49. The smallest absolute Gasteiger partial charge is 0.271 e. The first-order valence-corrected chi connectivity index (χ1v) is 7.56. The van der Waals surface area contributed by atoms with Gasteiger partial charge in [0.1, 0.15) is 11.3 Å². The fourth-order valence-corrected chi connectivity index (χ4v) is 2.85. The first kappa shape index (κ1) is 13.7. The van der Waals surface area contributed by atoms with E-state index >= 15 is 0 Å². The Kier molecular flexibility index (Phi) is 3.38. The quantitative estimate of drug-likeness (QED) is 0.709. The average molecular weight is 308 g/mol. The molecule has 3 aromatic rings. The highest BCUT2D eigenvalue weighted by Crippen LogP contribution is 2.13. The van der Waals surface area contributed by atoms with Crippen molar-refractivity contribution in [2.45, 2.75) is 0 Å². The van der Waals surface area contributed by atoms with Crippen molar-refractivity contribution in [3.63, 3.8) is 0 Å². The minimum Gasteiger partial charge on any atom is -0.337 e. The van der Waals surface area contributed by atoms with Gasteiger partial charge in [-0.3, -0.25) is 9.20 Å². The molecule has 0 bridgehead atoms. The number of rotatable bonds is 2. The van der Waals surface area contributed by atoms with E-state index < -0.39 is 0 Å². The Morgan fingerprint density at radius 3 is 2.48 bits per heavy atom. The second-order valence-corrected chi connectivity index (χ2v) is 5.39. The van der Waals surface area contributed by atoms with Gasteiger partial charge in [0.2, 0.25) is 5.95 Å². The third kappa shape index (κ3) is 2.50. The molecule has 0 saturated carbocycles. The number of hydrogen-bond acceptors (Lipinski definition) is 5. The number of pyridine rings is 1. The summed E-state index contributed by atoms with van der Waals surface area (Å²) in [5.74, 6) is 0.749. The van der Waals surface area contributed by atoms with E-state index in [4.69, 9.17) is 0 Å². The Labute approximate surface area is 133 Å². The molecule has 0 unspecified atom stereocenters. The zero-order valence-corrected chi connectivity index (χ0v) is 12.5. The summed E-state index contributed by atoms with van der Waals surface area (Å²) in [6.45, 7) is 2.77. The highest BCUT2D eigenvalue weighted by atomic mass is 16.2. The van der Waals surface area contributed by atoms with E-state index in [1.54, 1.807) is 24.7 Å². The van der Waals surface area contributed by atoms with Crippen LogP contribution < -0.4 is 4.90 Å². The SMILES string of the molecule is O=C(c1cccc2nccn12)N1CCN(c2ncccn2)CC1. The summed E-state index contributed by atoms with van der Waals surface area (Å²) in [5.41, 5.74) is 1.43. The van der Waals surface area contributed by atoms with Gasteiger partial charge in [-0.05, 0) is 18.2 Å². The van der Waals surface area contributed by atoms with Crippen molar-refractivity contribution in [3.05, 3.63) is 54.7 Å². The van der Waals surface area contributed by atoms with E-state index in [2.05, 4.69) is 19.9 Å². The number of aromatic nitrogens is 4. The molecule has 1 fully saturated rings. The van der Waals surface area contributed by atoms with Crippen LogP contribution in [0.4, 0.5) is 5.95 Å². The number of carbonyl (C=O) groups is 1. The Morgan fingerprint density at radius 1 is 0.913 bits per heavy atom. The van der Waals surface area contributed by atoms with Crippen LogP contribution in [-0.2, 0) is 0 Å². The van der Waals surface area contributed by atoms with E-state index in [0.717, 1.165) is 24.7 Å². The van der Waals surface area contributed by atoms with Crippen molar-refractivity contribution in [1.29, 1.82) is 0 Å². The topological polar surface area (TPSA) is 66.6 Å². The van der Waals surface area contributed by atoms with E-state index in [9.17, 15) is 4.79 Å². The molecule has 3 aromatic heterocycles. The van der Waals surface area contributed by atoms with Gasteiger partial charge in [0.15, 0.2) is 0 Å². The minimum atomic E-state index is 0.0298. The van der Waals surface area contributed by atoms with Crippen molar-refractivity contribution >= 4 is 17.5 Å². The van der Waals surface area contributed by atoms with Gasteiger partial charge in [0.25, 0.3) is 5.91 Å². The molecule has 0 aliphatic carbocycles. The molecule has 1 aliphatic heterocycles. The van der Waals surface area contributed by atoms with E-state index in [1.165, 1.54) is 0 Å². The molecule has 0 atom stereocenters. The third-order valence-electron chi connectivity index (χ3n) is 4.05. The van der Waals surface area contributed by atoms with Crippen molar-refractivity contribution in [3.8, 4) is 0 Å². The fraction of sp³-hybridized carbons (Fsp3) is 0.250. The summed E-state index contributed by atoms with van der Waals surface area (Å²) in [6, 6.07) is 7.39. The van der Waals surface area contributed by atoms with Crippen LogP contribution in [-0.4, -0.2) is 56.3 Å². The second-order valence-electron chi connectivity index (χ2n) is 5.39. The van der Waals surface area contributed by atoms with Gasteiger partial charge in [-0.25, -0.2) is 15.0 Å². The largest absolute Gasteiger partial charge is 0.337 e. The monoisotopic (exact) mass is 308 g/mol. The number of amides is 1. The Hall–Kier alpha value is -2.96. The number of carbonyl (C=O) groups excluding carboxylic acids is 1. The lowest BCUT2D eigenvalue weighted by molar-refractivity contribution is 0.0739. The molecule has 1 amide bonds. The fourth-order valence-electron chi connectivity index (χ4n) is 2.85. The molecular weight excluding hydrogens is 292 g/mol. The first-order chi connectivity index (χ1) is 11.3. The van der Waals surface area contributed by atoms with Crippen LogP contribution in [0.5, 0.6) is 0 Å². The normalized spacial score (nSPS) is 15.1. The molecule has 116 valence electrons. The van der Waals surface area contributed by atoms with Gasteiger partial charge in [-0.1, -0.05) is 6.07 Å². The van der Waals surface area contributed by atoms with Gasteiger partial charge < -0.3 is 9.80 Å². The van der Waals surface area contributed by atoms with Gasteiger partial charge in [0, 0.05) is 51.0 Å². The van der Waals surface area contributed by atoms with Crippen molar-refractivity contribution in [2.75, 3.05) is 31.1 Å². The summed E-state index contributed by atoms with van der Waals surface area (Å²) in [5, 5.41) is 0. The molecule has 23 heavy (non-hydrogen) atoms. The predicted molar refractivity (Wildman–Crippen MR) is 85.3 cm³/mol. The molecule has 1 aliphatic rings.